The van der Waals surface area contributed by atoms with Crippen molar-refractivity contribution in [3.8, 4) is 0 Å². The molecule has 1 unspecified atom stereocenters. The summed E-state index contributed by atoms with van der Waals surface area (Å²) in [6.07, 6.45) is 9.71. The Balaban J connectivity index is 1.57. The van der Waals surface area contributed by atoms with E-state index in [1.54, 1.807) is 0 Å². The summed E-state index contributed by atoms with van der Waals surface area (Å²) in [5.41, 5.74) is 6.82. The molecule has 0 aliphatic heterocycles. The lowest BCUT2D eigenvalue weighted by atomic mass is 9.45. The van der Waals surface area contributed by atoms with Crippen LogP contribution in [0.3, 0.4) is 0 Å². The molecule has 3 N–H and O–H groups in total. The van der Waals surface area contributed by atoms with Gasteiger partial charge in [0.2, 0.25) is 0 Å². The van der Waals surface area contributed by atoms with Gasteiger partial charge in [-0.05, 0) is 86.8 Å². The predicted octanol–water partition coefficient (Wildman–Crippen LogP) is 4.49. The Morgan fingerprint density at radius 1 is 1.22 bits per heavy atom. The molecule has 4 saturated carbocycles. The molecular weight excluding hydrogens is 356 g/mol. The van der Waals surface area contributed by atoms with Gasteiger partial charge in [0, 0.05) is 23.0 Å². The van der Waals surface area contributed by atoms with Gasteiger partial charge in [0.05, 0.1) is 5.71 Å². The van der Waals surface area contributed by atoms with Crippen LogP contribution in [0.5, 0.6) is 0 Å². The summed E-state index contributed by atoms with van der Waals surface area (Å²) in [5, 5.41) is 14.4. The summed E-state index contributed by atoms with van der Waals surface area (Å²) >= 11 is 2.07. The fourth-order valence-electron chi connectivity index (χ4n) is 7.40. The Hall–Kier alpha value is -0.550. The maximum absolute atomic E-state index is 12.6. The smallest absolute Gasteiger partial charge is 0.139 e. The van der Waals surface area contributed by atoms with Gasteiger partial charge in [0.1, 0.15) is 5.78 Å². The van der Waals surface area contributed by atoms with E-state index in [1.807, 2.05) is 0 Å². The molecule has 0 spiro atoms. The van der Waals surface area contributed by atoms with Crippen molar-refractivity contribution in [1.29, 1.82) is 0 Å². The lowest BCUT2D eigenvalue weighted by Crippen LogP contribution is -2.56. The first kappa shape index (κ1) is 19.8. The number of oxime groups is 1. The third-order valence-corrected chi connectivity index (χ3v) is 10.4. The van der Waals surface area contributed by atoms with E-state index in [2.05, 4.69) is 30.8 Å². The number of Topliss-reactive ketones (excluding diaryl/α,β-unsaturated/α-hetero) is 1. The van der Waals surface area contributed by atoms with Gasteiger partial charge in [0.25, 0.3) is 0 Å². The summed E-state index contributed by atoms with van der Waals surface area (Å²) in [5.74, 6) is 3.76. The highest BCUT2D eigenvalue weighted by molar-refractivity contribution is 7.99. The van der Waals surface area contributed by atoms with Crippen molar-refractivity contribution in [1.82, 2.24) is 0 Å². The van der Waals surface area contributed by atoms with E-state index < -0.39 is 0 Å². The normalized spacial score (nSPS) is 48.2. The average Bonchev–Trinajstić information content (AvgIpc) is 2.96. The van der Waals surface area contributed by atoms with Gasteiger partial charge in [-0.1, -0.05) is 19.0 Å². The number of nitrogens with zero attached hydrogens (tertiary/aromatic N) is 1. The first-order chi connectivity index (χ1) is 12.9. The second-order valence-corrected chi connectivity index (χ2v) is 11.5. The van der Waals surface area contributed by atoms with E-state index in [9.17, 15) is 10.0 Å². The molecule has 4 aliphatic rings. The first-order valence-electron chi connectivity index (χ1n) is 11.0. The molecule has 4 nitrogen and oxygen atoms in total. The molecule has 0 aromatic carbocycles. The number of rotatable bonds is 4. The van der Waals surface area contributed by atoms with E-state index in [0.717, 1.165) is 56.5 Å². The molecule has 4 aliphatic carbocycles. The summed E-state index contributed by atoms with van der Waals surface area (Å²) in [4.78, 5) is 12.6. The molecule has 4 rings (SSSR count). The van der Waals surface area contributed by atoms with Crippen LogP contribution in [0, 0.1) is 34.5 Å². The lowest BCUT2D eigenvalue weighted by molar-refractivity contribution is -0.133. The van der Waals surface area contributed by atoms with Gasteiger partial charge in [-0.25, -0.2) is 0 Å². The van der Waals surface area contributed by atoms with Crippen LogP contribution >= 0.6 is 11.8 Å². The van der Waals surface area contributed by atoms with Gasteiger partial charge >= 0.3 is 0 Å². The van der Waals surface area contributed by atoms with Gasteiger partial charge in [-0.15, -0.1) is 0 Å². The second-order valence-electron chi connectivity index (χ2n) is 10.1. The minimum absolute atomic E-state index is 0.111. The van der Waals surface area contributed by atoms with Crippen LogP contribution in [-0.4, -0.2) is 34.2 Å². The molecule has 152 valence electrons. The number of hydrogen-bond acceptors (Lipinski definition) is 5. The molecule has 0 aromatic heterocycles. The molecule has 0 amide bonds. The van der Waals surface area contributed by atoms with Crippen LogP contribution in [0.1, 0.15) is 71.6 Å². The number of carbonyl (C=O) groups excluding carboxylic acids is 1. The quantitative estimate of drug-likeness (QED) is 0.420. The van der Waals surface area contributed by atoms with Crippen LogP contribution < -0.4 is 5.73 Å². The molecule has 5 heteroatoms. The monoisotopic (exact) mass is 392 g/mol. The number of fused-ring (bicyclic) bond motifs is 5. The number of hydrogen-bond donors (Lipinski definition) is 2. The van der Waals surface area contributed by atoms with Crippen LogP contribution in [0.25, 0.3) is 0 Å². The minimum Gasteiger partial charge on any atom is -0.411 e. The SMILES string of the molecule is C[C@]12CC[C@H](SCCCN)CC1/C(=N/O)C[C@@H]1[C@@H]2CC[C@]2(C)C(=O)CC[C@@H]12. The zero-order valence-corrected chi connectivity index (χ0v) is 17.8. The first-order valence-corrected chi connectivity index (χ1v) is 12.0. The largest absolute Gasteiger partial charge is 0.411 e. The Bertz CT molecular complexity index is 623. The van der Waals surface area contributed by atoms with Crippen molar-refractivity contribution in [2.45, 2.75) is 76.9 Å². The van der Waals surface area contributed by atoms with Crippen LogP contribution in [0.15, 0.2) is 5.16 Å². The third kappa shape index (κ3) is 3.08. The van der Waals surface area contributed by atoms with Crippen LogP contribution in [-0.2, 0) is 4.79 Å². The molecule has 0 saturated heterocycles. The van der Waals surface area contributed by atoms with Crippen molar-refractivity contribution < 1.29 is 10.0 Å². The predicted molar refractivity (Wildman–Crippen MR) is 111 cm³/mol. The Morgan fingerprint density at radius 2 is 2.04 bits per heavy atom. The van der Waals surface area contributed by atoms with E-state index in [0.29, 0.717) is 34.7 Å². The molecule has 0 radical (unpaired) electrons. The minimum atomic E-state index is -0.111. The summed E-state index contributed by atoms with van der Waals surface area (Å²) < 4.78 is 0. The molecule has 0 heterocycles. The van der Waals surface area contributed by atoms with Crippen molar-refractivity contribution >= 4 is 23.3 Å². The highest BCUT2D eigenvalue weighted by Gasteiger charge is 2.61. The average molecular weight is 393 g/mol. The number of ketones is 1. The maximum atomic E-state index is 12.6. The number of carbonyl (C=O) groups is 1. The van der Waals surface area contributed by atoms with Crippen molar-refractivity contribution in [2.24, 2.45) is 45.4 Å². The molecule has 0 aromatic rings. The Labute approximate surface area is 168 Å². The maximum Gasteiger partial charge on any atom is 0.139 e. The summed E-state index contributed by atoms with van der Waals surface area (Å²) in [7, 11) is 0. The molecule has 0 bridgehead atoms. The van der Waals surface area contributed by atoms with E-state index in [1.165, 1.54) is 19.3 Å². The van der Waals surface area contributed by atoms with Crippen LogP contribution in [0.4, 0.5) is 0 Å². The zero-order chi connectivity index (χ0) is 19.2. The highest BCUT2D eigenvalue weighted by atomic mass is 32.2. The van der Waals surface area contributed by atoms with E-state index >= 15 is 0 Å². The highest BCUT2D eigenvalue weighted by Crippen LogP contribution is 2.65. The van der Waals surface area contributed by atoms with E-state index in [-0.39, 0.29) is 10.8 Å². The standard InChI is InChI=1S/C22H36N2O2S/c1-21-8-6-14(27-11-3-10-23)12-18(21)19(24-26)13-15-16-4-5-20(25)22(16,2)9-7-17(15)21/h14-18,26H,3-13,23H2,1-2H3/b24-19+/t14-,15-,16-,17-,18?,21+,22-/m0/s1. The molecule has 4 fully saturated rings. The zero-order valence-electron chi connectivity index (χ0n) is 17.0. The van der Waals surface area contributed by atoms with Crippen molar-refractivity contribution in [3.63, 3.8) is 0 Å². The summed E-state index contributed by atoms with van der Waals surface area (Å²) in [6.45, 7) is 5.46. The topological polar surface area (TPSA) is 75.7 Å². The lowest BCUT2D eigenvalue weighted by Gasteiger charge is -2.60. The fraction of sp³-hybridized carbons (Fsp3) is 0.909. The van der Waals surface area contributed by atoms with Crippen molar-refractivity contribution in [2.75, 3.05) is 12.3 Å². The van der Waals surface area contributed by atoms with E-state index in [4.69, 9.17) is 5.73 Å². The third-order valence-electron chi connectivity index (χ3n) is 8.97. The molecular formula is C22H36N2O2S. The molecule has 27 heavy (non-hydrogen) atoms. The Kier molecular flexibility index (Phi) is 5.39. The second kappa shape index (κ2) is 7.37. The van der Waals surface area contributed by atoms with Gasteiger partial charge in [0.15, 0.2) is 0 Å². The fourth-order valence-corrected chi connectivity index (χ4v) is 8.68. The number of nitrogens with two attached hydrogens (primary N) is 1. The van der Waals surface area contributed by atoms with Gasteiger partial charge in [-0.3, -0.25) is 4.79 Å². The summed E-state index contributed by atoms with van der Waals surface area (Å²) in [6, 6.07) is 0. The Morgan fingerprint density at radius 3 is 2.78 bits per heavy atom. The molecule has 7 atom stereocenters. The van der Waals surface area contributed by atoms with Crippen molar-refractivity contribution in [3.05, 3.63) is 0 Å². The van der Waals surface area contributed by atoms with Gasteiger partial charge < -0.3 is 10.9 Å². The number of thioether (sulfide) groups is 1. The van der Waals surface area contributed by atoms with Gasteiger partial charge in [-0.2, -0.15) is 11.8 Å². The van der Waals surface area contributed by atoms with Crippen LogP contribution in [0.2, 0.25) is 0 Å².